The van der Waals surface area contributed by atoms with Crippen LogP contribution < -0.4 is 5.32 Å². The van der Waals surface area contributed by atoms with E-state index in [2.05, 4.69) is 10.3 Å². The van der Waals surface area contributed by atoms with Crippen molar-refractivity contribution in [2.45, 2.75) is 12.8 Å². The molecule has 1 aromatic heterocycles. The van der Waals surface area contributed by atoms with E-state index in [0.29, 0.717) is 10.7 Å². The number of carboxylic acids is 1. The van der Waals surface area contributed by atoms with E-state index in [1.54, 1.807) is 6.92 Å². The number of hydrogen-bond acceptors (Lipinski definition) is 4. The lowest BCUT2D eigenvalue weighted by Crippen LogP contribution is -2.18. The maximum atomic E-state index is 12.7. The number of aromatic carboxylic acids is 1. The molecule has 20 heavy (non-hydrogen) atoms. The minimum absolute atomic E-state index is 0.0774. The van der Waals surface area contributed by atoms with Gasteiger partial charge in [0.05, 0.1) is 5.92 Å². The van der Waals surface area contributed by atoms with Crippen LogP contribution in [0.2, 0.25) is 0 Å². The molecule has 0 saturated carbocycles. The van der Waals surface area contributed by atoms with Gasteiger partial charge in [-0.15, -0.1) is 11.3 Å². The van der Waals surface area contributed by atoms with Gasteiger partial charge in [0.1, 0.15) is 10.8 Å². The van der Waals surface area contributed by atoms with Crippen LogP contribution in [0.5, 0.6) is 0 Å². The zero-order valence-corrected chi connectivity index (χ0v) is 11.3. The number of anilines is 1. The highest BCUT2D eigenvalue weighted by Gasteiger charge is 2.20. The monoisotopic (exact) mass is 294 g/mol. The molecule has 0 saturated heterocycles. The van der Waals surface area contributed by atoms with Gasteiger partial charge >= 0.3 is 5.97 Å². The van der Waals surface area contributed by atoms with Crippen LogP contribution in [0.3, 0.4) is 0 Å². The highest BCUT2D eigenvalue weighted by atomic mass is 32.1. The Morgan fingerprint density at radius 1 is 1.35 bits per heavy atom. The lowest BCUT2D eigenvalue weighted by molar-refractivity contribution is -0.117. The Labute approximate surface area is 118 Å². The number of amides is 1. The van der Waals surface area contributed by atoms with Gasteiger partial charge in [-0.05, 0) is 31.2 Å². The third-order valence-corrected chi connectivity index (χ3v) is 3.64. The second-order valence-corrected chi connectivity index (χ2v) is 4.98. The molecule has 1 heterocycles. The van der Waals surface area contributed by atoms with Crippen molar-refractivity contribution in [1.29, 1.82) is 0 Å². The molecule has 1 aromatic carbocycles. The summed E-state index contributed by atoms with van der Waals surface area (Å²) < 4.78 is 12.7. The largest absolute Gasteiger partial charge is 0.476 e. The molecular formula is C13H11FN2O3S. The van der Waals surface area contributed by atoms with Crippen LogP contribution >= 0.6 is 11.3 Å². The van der Waals surface area contributed by atoms with Crippen LogP contribution in [-0.2, 0) is 4.79 Å². The molecule has 5 nitrogen and oxygen atoms in total. The van der Waals surface area contributed by atoms with Crippen LogP contribution in [0, 0.1) is 5.82 Å². The number of nitrogens with zero attached hydrogens (tertiary/aromatic N) is 1. The molecule has 2 N–H and O–H groups in total. The SMILES string of the molecule is CC(C(=O)Nc1ccc(F)cc1)c1nc(C(=O)O)cs1. The molecule has 0 bridgehead atoms. The molecule has 0 aliphatic heterocycles. The van der Waals surface area contributed by atoms with Crippen molar-refractivity contribution in [2.75, 3.05) is 5.32 Å². The summed E-state index contributed by atoms with van der Waals surface area (Å²) in [6.07, 6.45) is 0. The average molecular weight is 294 g/mol. The first kappa shape index (κ1) is 14.1. The van der Waals surface area contributed by atoms with Crippen molar-refractivity contribution >= 4 is 28.9 Å². The third-order valence-electron chi connectivity index (χ3n) is 2.62. The van der Waals surface area contributed by atoms with Gasteiger partial charge in [0.25, 0.3) is 0 Å². The Hall–Kier alpha value is -2.28. The van der Waals surface area contributed by atoms with Crippen molar-refractivity contribution in [3.05, 3.63) is 46.2 Å². The van der Waals surface area contributed by atoms with Gasteiger partial charge in [0, 0.05) is 11.1 Å². The van der Waals surface area contributed by atoms with Crippen LogP contribution in [0.1, 0.15) is 28.3 Å². The van der Waals surface area contributed by atoms with E-state index in [4.69, 9.17) is 5.11 Å². The number of aromatic nitrogens is 1. The quantitative estimate of drug-likeness (QED) is 0.908. The Bertz CT molecular complexity index is 639. The van der Waals surface area contributed by atoms with Crippen LogP contribution in [-0.4, -0.2) is 22.0 Å². The van der Waals surface area contributed by atoms with Gasteiger partial charge in [0.2, 0.25) is 5.91 Å². The van der Waals surface area contributed by atoms with Gasteiger partial charge in [-0.2, -0.15) is 0 Å². The maximum Gasteiger partial charge on any atom is 0.355 e. The molecule has 2 rings (SSSR count). The first-order chi connectivity index (χ1) is 9.47. The summed E-state index contributed by atoms with van der Waals surface area (Å²) in [7, 11) is 0. The van der Waals surface area contributed by atoms with Crippen molar-refractivity contribution in [2.24, 2.45) is 0 Å². The fraction of sp³-hybridized carbons (Fsp3) is 0.154. The number of thiazole rings is 1. The molecular weight excluding hydrogens is 283 g/mol. The molecule has 0 aliphatic carbocycles. The first-order valence-electron chi connectivity index (χ1n) is 5.72. The van der Waals surface area contributed by atoms with Gasteiger partial charge in [-0.25, -0.2) is 14.2 Å². The Balaban J connectivity index is 2.07. The Kier molecular flexibility index (Phi) is 4.09. The molecule has 104 valence electrons. The summed E-state index contributed by atoms with van der Waals surface area (Å²) >= 11 is 1.11. The van der Waals surface area contributed by atoms with E-state index < -0.39 is 11.9 Å². The zero-order valence-electron chi connectivity index (χ0n) is 10.5. The fourth-order valence-corrected chi connectivity index (χ4v) is 2.33. The molecule has 1 amide bonds. The fourth-order valence-electron chi connectivity index (χ4n) is 1.48. The van der Waals surface area contributed by atoms with Gasteiger partial charge in [0.15, 0.2) is 5.69 Å². The van der Waals surface area contributed by atoms with E-state index in [0.717, 1.165) is 11.3 Å². The van der Waals surface area contributed by atoms with E-state index in [9.17, 15) is 14.0 Å². The number of halogens is 1. The number of carbonyl (C=O) groups is 2. The topological polar surface area (TPSA) is 79.3 Å². The van der Waals surface area contributed by atoms with E-state index >= 15 is 0 Å². The maximum absolute atomic E-state index is 12.7. The van der Waals surface area contributed by atoms with E-state index in [1.807, 2.05) is 0 Å². The standard InChI is InChI=1S/C13H11FN2O3S/c1-7(12-16-10(6-20-12)13(18)19)11(17)15-9-4-2-8(14)3-5-9/h2-7H,1H3,(H,15,17)(H,18,19). The summed E-state index contributed by atoms with van der Waals surface area (Å²) in [5.41, 5.74) is 0.393. The minimum Gasteiger partial charge on any atom is -0.476 e. The molecule has 0 radical (unpaired) electrons. The van der Waals surface area contributed by atoms with Gasteiger partial charge in [-0.1, -0.05) is 0 Å². The Morgan fingerprint density at radius 3 is 2.55 bits per heavy atom. The summed E-state index contributed by atoms with van der Waals surface area (Å²) in [6, 6.07) is 5.38. The third kappa shape index (κ3) is 3.18. The molecule has 0 fully saturated rings. The average Bonchev–Trinajstić information content (AvgIpc) is 2.90. The Morgan fingerprint density at radius 2 is 2.00 bits per heavy atom. The van der Waals surface area contributed by atoms with E-state index in [1.165, 1.54) is 29.6 Å². The summed E-state index contributed by atoms with van der Waals surface area (Å²) in [5, 5.41) is 13.2. The normalized spacial score (nSPS) is 11.9. The molecule has 2 aromatic rings. The van der Waals surface area contributed by atoms with Gasteiger partial charge in [-0.3, -0.25) is 4.79 Å². The minimum atomic E-state index is -1.13. The number of carboxylic acid groups (broad SMARTS) is 1. The smallest absolute Gasteiger partial charge is 0.355 e. The molecule has 0 aliphatic rings. The lowest BCUT2D eigenvalue weighted by atomic mass is 10.1. The highest BCUT2D eigenvalue weighted by Crippen LogP contribution is 2.22. The highest BCUT2D eigenvalue weighted by molar-refractivity contribution is 7.10. The van der Waals surface area contributed by atoms with Crippen molar-refractivity contribution in [3.8, 4) is 0 Å². The predicted molar refractivity (Wildman–Crippen MR) is 72.5 cm³/mol. The number of benzene rings is 1. The van der Waals surface area contributed by atoms with Crippen molar-refractivity contribution in [3.63, 3.8) is 0 Å². The summed E-state index contributed by atoms with van der Waals surface area (Å²) in [4.78, 5) is 26.6. The second kappa shape index (κ2) is 5.79. The van der Waals surface area contributed by atoms with E-state index in [-0.39, 0.29) is 17.4 Å². The van der Waals surface area contributed by atoms with Crippen molar-refractivity contribution in [1.82, 2.24) is 4.98 Å². The lowest BCUT2D eigenvalue weighted by Gasteiger charge is -2.09. The number of carbonyl (C=O) groups excluding carboxylic acids is 1. The molecule has 1 atom stereocenters. The van der Waals surface area contributed by atoms with Gasteiger partial charge < -0.3 is 10.4 Å². The first-order valence-corrected chi connectivity index (χ1v) is 6.60. The van der Waals surface area contributed by atoms with Crippen LogP contribution in [0.15, 0.2) is 29.6 Å². The molecule has 1 unspecified atom stereocenters. The van der Waals surface area contributed by atoms with Crippen LogP contribution in [0.25, 0.3) is 0 Å². The summed E-state index contributed by atoms with van der Waals surface area (Å²) in [6.45, 7) is 1.63. The zero-order chi connectivity index (χ0) is 14.7. The number of nitrogens with one attached hydrogen (secondary N) is 1. The summed E-state index contributed by atoms with van der Waals surface area (Å²) in [5.74, 6) is -2.43. The number of hydrogen-bond donors (Lipinski definition) is 2. The second-order valence-electron chi connectivity index (χ2n) is 4.09. The van der Waals surface area contributed by atoms with Crippen LogP contribution in [0.4, 0.5) is 10.1 Å². The predicted octanol–water partition coefficient (Wildman–Crippen LogP) is 2.72. The van der Waals surface area contributed by atoms with Crippen molar-refractivity contribution < 1.29 is 19.1 Å². The molecule has 7 heteroatoms. The number of rotatable bonds is 4. The molecule has 0 spiro atoms.